The number of carbonyl (C=O) groups is 1. The second-order valence-corrected chi connectivity index (χ2v) is 11.1. The van der Waals surface area contributed by atoms with Gasteiger partial charge in [0, 0.05) is 18.3 Å². The van der Waals surface area contributed by atoms with E-state index >= 15 is 0 Å². The third kappa shape index (κ3) is 3.03. The maximum atomic E-state index is 12.2. The first-order valence-corrected chi connectivity index (χ1v) is 11.7. The van der Waals surface area contributed by atoms with Crippen LogP contribution in [0.25, 0.3) is 0 Å². The summed E-state index contributed by atoms with van der Waals surface area (Å²) in [5.41, 5.74) is 5.48. The molecular weight excluding hydrogens is 378 g/mol. The minimum Gasteiger partial charge on any atom is -0.495 e. The SMILES string of the molecule is C=C(CC)O[C@H]1CCC2C3C(CC[C@@]21C)[C@@]1(C)CCC(=O)C=C1CC1(O)C[C@@H]31.N=O. The Kier molecular flexibility index (Phi) is 5.28. The molecule has 0 aliphatic heterocycles. The van der Waals surface area contributed by atoms with Gasteiger partial charge in [-0.1, -0.05) is 38.5 Å². The lowest BCUT2D eigenvalue weighted by atomic mass is 9.51. The lowest BCUT2D eigenvalue weighted by molar-refractivity contribution is -0.117. The van der Waals surface area contributed by atoms with Gasteiger partial charge in [0.05, 0.1) is 11.4 Å². The van der Waals surface area contributed by atoms with E-state index in [2.05, 4.69) is 32.9 Å². The summed E-state index contributed by atoms with van der Waals surface area (Å²) in [6.45, 7) is 11.1. The number of nitroso groups, excluding NO2 is 1. The van der Waals surface area contributed by atoms with Gasteiger partial charge in [-0.15, -0.1) is 0 Å². The molecule has 5 aliphatic carbocycles. The normalized spacial score (nSPS) is 48.5. The van der Waals surface area contributed by atoms with Crippen molar-refractivity contribution in [3.05, 3.63) is 28.9 Å². The number of hydrogen-bond acceptors (Lipinski definition) is 5. The van der Waals surface area contributed by atoms with Crippen LogP contribution in [0.5, 0.6) is 0 Å². The first kappa shape index (κ1) is 21.7. The fraction of sp³-hybridized carbons (Fsp3) is 0.800. The predicted molar refractivity (Wildman–Crippen MR) is 116 cm³/mol. The minimum absolute atomic E-state index is 0.0923. The second kappa shape index (κ2) is 7.29. The average Bonchev–Trinajstić information content (AvgIpc) is 3.29. The molecule has 4 saturated carbocycles. The van der Waals surface area contributed by atoms with Gasteiger partial charge in [0.15, 0.2) is 5.78 Å². The van der Waals surface area contributed by atoms with Crippen molar-refractivity contribution < 1.29 is 14.6 Å². The van der Waals surface area contributed by atoms with Gasteiger partial charge in [0.1, 0.15) is 6.10 Å². The smallest absolute Gasteiger partial charge is 0.155 e. The molecule has 0 spiro atoms. The number of nitrogens with one attached hydrogen (secondary N) is 1. The number of ether oxygens (including phenoxy) is 1. The van der Waals surface area contributed by atoms with Crippen LogP contribution in [-0.2, 0) is 9.53 Å². The first-order valence-electron chi connectivity index (χ1n) is 11.7. The molecule has 0 amide bonds. The number of allylic oxidation sites excluding steroid dienone is 2. The molecule has 8 atom stereocenters. The van der Waals surface area contributed by atoms with Crippen molar-refractivity contribution in [2.45, 2.75) is 90.3 Å². The summed E-state index contributed by atoms with van der Waals surface area (Å²) in [5, 5.41) is 11.4. The quantitative estimate of drug-likeness (QED) is 0.469. The molecule has 0 heterocycles. The molecule has 4 unspecified atom stereocenters. The number of ketones is 1. The monoisotopic (exact) mass is 415 g/mol. The highest BCUT2D eigenvalue weighted by Crippen LogP contribution is 2.72. The average molecular weight is 416 g/mol. The molecule has 5 aliphatic rings. The van der Waals surface area contributed by atoms with Gasteiger partial charge in [-0.3, -0.25) is 4.79 Å². The highest BCUT2D eigenvalue weighted by molar-refractivity contribution is 5.91. The summed E-state index contributed by atoms with van der Waals surface area (Å²) in [6, 6.07) is 0. The minimum atomic E-state index is -0.561. The van der Waals surface area contributed by atoms with E-state index in [0.717, 1.165) is 37.9 Å². The van der Waals surface area contributed by atoms with E-state index in [1.165, 1.54) is 24.8 Å². The van der Waals surface area contributed by atoms with E-state index in [1.807, 2.05) is 6.08 Å². The molecule has 5 heteroatoms. The Bertz CT molecular complexity index is 777. The molecule has 2 N–H and O–H groups in total. The molecular formula is C25H37NO4. The van der Waals surface area contributed by atoms with Crippen LogP contribution in [0.3, 0.4) is 0 Å². The standard InChI is InChI=1S/C25H36O3.HNO/c1-5-15(2)28-21-7-6-18-22-19(9-11-24(18,21)4)23(3)10-8-17(26)12-16(23)13-25(27)14-20(22)25;1-2/h12,18-22,27H,2,5-11,13-14H2,1,3-4H3;1H/t18?,19?,20-,21-,22?,23-,24-,25?;/m0./s1. The van der Waals surface area contributed by atoms with E-state index in [9.17, 15) is 9.90 Å². The van der Waals surface area contributed by atoms with Gasteiger partial charge in [-0.05, 0) is 80.1 Å². The Morgan fingerprint density at radius 1 is 1.20 bits per heavy atom. The Hall–Kier alpha value is -1.49. The second-order valence-electron chi connectivity index (χ2n) is 11.1. The zero-order valence-electron chi connectivity index (χ0n) is 18.7. The molecule has 0 radical (unpaired) electrons. The van der Waals surface area contributed by atoms with Gasteiger partial charge < -0.3 is 9.84 Å². The summed E-state index contributed by atoms with van der Waals surface area (Å²) in [4.78, 5) is 19.7. The molecule has 5 rings (SSSR count). The predicted octanol–water partition coefficient (Wildman–Crippen LogP) is 5.52. The Morgan fingerprint density at radius 2 is 1.93 bits per heavy atom. The molecule has 166 valence electrons. The molecule has 0 aromatic rings. The maximum absolute atomic E-state index is 12.2. The summed E-state index contributed by atoms with van der Waals surface area (Å²) in [6.07, 6.45) is 11.1. The zero-order valence-corrected chi connectivity index (χ0v) is 18.7. The van der Waals surface area contributed by atoms with E-state index in [1.54, 1.807) is 0 Å². The van der Waals surface area contributed by atoms with E-state index in [-0.39, 0.29) is 22.7 Å². The summed E-state index contributed by atoms with van der Waals surface area (Å²) in [5.74, 6) is 3.37. The van der Waals surface area contributed by atoms with Crippen LogP contribution in [0.4, 0.5) is 0 Å². The fourth-order valence-electron chi connectivity index (χ4n) is 7.93. The Balaban J connectivity index is 0.00000106. The highest BCUT2D eigenvalue weighted by atomic mass is 16.5. The van der Waals surface area contributed by atoms with E-state index in [4.69, 9.17) is 9.64 Å². The number of carbonyl (C=O) groups excluding carboxylic acids is 1. The molecule has 0 saturated heterocycles. The van der Waals surface area contributed by atoms with Crippen LogP contribution in [0.1, 0.15) is 78.6 Å². The van der Waals surface area contributed by atoms with Crippen LogP contribution in [0, 0.1) is 45.0 Å². The van der Waals surface area contributed by atoms with Crippen LogP contribution in [-0.4, -0.2) is 22.6 Å². The van der Waals surface area contributed by atoms with Crippen molar-refractivity contribution in [3.8, 4) is 0 Å². The molecule has 30 heavy (non-hydrogen) atoms. The van der Waals surface area contributed by atoms with Crippen LogP contribution >= 0.6 is 0 Å². The first-order chi connectivity index (χ1) is 14.2. The van der Waals surface area contributed by atoms with Crippen LogP contribution < -0.4 is 0 Å². The lowest BCUT2D eigenvalue weighted by Gasteiger charge is -2.54. The summed E-state index contributed by atoms with van der Waals surface area (Å²) >= 11 is 0. The van der Waals surface area contributed by atoms with Gasteiger partial charge in [-0.2, -0.15) is 4.91 Å². The Labute approximate surface area is 180 Å². The van der Waals surface area contributed by atoms with Gasteiger partial charge >= 0.3 is 0 Å². The molecule has 0 aromatic carbocycles. The molecule has 0 bridgehead atoms. The van der Waals surface area contributed by atoms with Crippen molar-refractivity contribution >= 4 is 5.78 Å². The van der Waals surface area contributed by atoms with Crippen molar-refractivity contribution in [2.75, 3.05) is 0 Å². The largest absolute Gasteiger partial charge is 0.495 e. The number of hydrogen-bond donors (Lipinski definition) is 2. The van der Waals surface area contributed by atoms with Gasteiger partial charge in [-0.25, -0.2) is 0 Å². The maximum Gasteiger partial charge on any atom is 0.155 e. The Morgan fingerprint density at radius 3 is 2.63 bits per heavy atom. The van der Waals surface area contributed by atoms with Gasteiger partial charge in [0.2, 0.25) is 0 Å². The van der Waals surface area contributed by atoms with Gasteiger partial charge in [0.25, 0.3) is 0 Å². The third-order valence-electron chi connectivity index (χ3n) is 9.79. The zero-order chi connectivity index (χ0) is 21.9. The summed E-state index contributed by atoms with van der Waals surface area (Å²) < 4.78 is 6.35. The van der Waals surface area contributed by atoms with Crippen LogP contribution in [0.2, 0.25) is 0 Å². The van der Waals surface area contributed by atoms with Crippen LogP contribution in [0.15, 0.2) is 24.0 Å². The molecule has 0 aromatic heterocycles. The fourth-order valence-corrected chi connectivity index (χ4v) is 7.93. The third-order valence-corrected chi connectivity index (χ3v) is 9.79. The highest BCUT2D eigenvalue weighted by Gasteiger charge is 2.69. The summed E-state index contributed by atoms with van der Waals surface area (Å²) in [7, 11) is 0. The van der Waals surface area contributed by atoms with E-state index < -0.39 is 5.60 Å². The number of aliphatic hydroxyl groups is 1. The van der Waals surface area contributed by atoms with Crippen molar-refractivity contribution in [3.63, 3.8) is 0 Å². The molecule has 5 nitrogen and oxygen atoms in total. The number of fused-ring (bicyclic) bond motifs is 7. The van der Waals surface area contributed by atoms with E-state index in [0.29, 0.717) is 30.1 Å². The lowest BCUT2D eigenvalue weighted by Crippen LogP contribution is -2.49. The topological polar surface area (TPSA) is 87.4 Å². The number of rotatable bonds is 3. The van der Waals surface area contributed by atoms with Crippen molar-refractivity contribution in [1.82, 2.24) is 0 Å². The van der Waals surface area contributed by atoms with Crippen molar-refractivity contribution in [1.29, 1.82) is 5.59 Å². The molecule has 4 fully saturated rings. The van der Waals surface area contributed by atoms with Crippen molar-refractivity contribution in [2.24, 2.45) is 34.5 Å².